The highest BCUT2D eigenvalue weighted by atomic mass is 35.5. The van der Waals surface area contributed by atoms with Crippen LogP contribution in [0.2, 0.25) is 5.02 Å². The first-order valence-electron chi connectivity index (χ1n) is 4.83. The molecule has 0 bridgehead atoms. The summed E-state index contributed by atoms with van der Waals surface area (Å²) in [4.78, 5) is 14.3. The molecule has 17 heavy (non-hydrogen) atoms. The first-order valence-corrected chi connectivity index (χ1v) is 5.20. The van der Waals surface area contributed by atoms with Gasteiger partial charge in [-0.25, -0.2) is 4.79 Å². The smallest absolute Gasteiger partial charge is 0.357 e. The number of nitrogens with zero attached hydrogens (tertiary/aromatic N) is 1. The Hall–Kier alpha value is -2.01. The maximum Gasteiger partial charge on any atom is 0.357 e. The Labute approximate surface area is 102 Å². The van der Waals surface area contributed by atoms with Crippen LogP contribution >= 0.6 is 11.6 Å². The monoisotopic (exact) mass is 252 g/mol. The first-order chi connectivity index (χ1) is 8.16. The van der Waals surface area contributed by atoms with Gasteiger partial charge in [0.15, 0.2) is 5.69 Å². The van der Waals surface area contributed by atoms with E-state index >= 15 is 0 Å². The molecule has 0 atom stereocenters. The van der Waals surface area contributed by atoms with Crippen LogP contribution in [0.4, 0.5) is 6.01 Å². The van der Waals surface area contributed by atoms with E-state index in [9.17, 15) is 4.79 Å². The molecule has 2 aromatic rings. The molecule has 2 N–H and O–H groups in total. The van der Waals surface area contributed by atoms with Crippen molar-refractivity contribution >= 4 is 23.6 Å². The Morgan fingerprint density at radius 3 is 2.88 bits per heavy atom. The van der Waals surface area contributed by atoms with Gasteiger partial charge in [-0.3, -0.25) is 0 Å². The number of aromatic carboxylic acids is 1. The van der Waals surface area contributed by atoms with Crippen LogP contribution in [0.25, 0.3) is 0 Å². The van der Waals surface area contributed by atoms with Gasteiger partial charge >= 0.3 is 5.97 Å². The number of nitrogens with one attached hydrogen (secondary N) is 1. The van der Waals surface area contributed by atoms with Gasteiger partial charge in [-0.15, -0.1) is 0 Å². The lowest BCUT2D eigenvalue weighted by molar-refractivity contribution is 0.0690. The number of aromatic nitrogens is 1. The van der Waals surface area contributed by atoms with Crippen molar-refractivity contribution in [3.63, 3.8) is 0 Å². The van der Waals surface area contributed by atoms with Gasteiger partial charge in [-0.2, -0.15) is 4.98 Å². The number of halogens is 1. The molecular weight excluding hydrogens is 244 g/mol. The van der Waals surface area contributed by atoms with Gasteiger partial charge in [0.05, 0.1) is 0 Å². The van der Waals surface area contributed by atoms with E-state index in [4.69, 9.17) is 21.1 Å². The number of anilines is 1. The average molecular weight is 253 g/mol. The van der Waals surface area contributed by atoms with Crippen molar-refractivity contribution in [3.8, 4) is 0 Å². The Kier molecular flexibility index (Phi) is 3.30. The number of benzene rings is 1. The predicted molar refractivity (Wildman–Crippen MR) is 62.2 cm³/mol. The van der Waals surface area contributed by atoms with Crippen LogP contribution in [0.1, 0.15) is 16.1 Å². The summed E-state index contributed by atoms with van der Waals surface area (Å²) in [6.07, 6.45) is 1.08. The highest BCUT2D eigenvalue weighted by Crippen LogP contribution is 2.16. The van der Waals surface area contributed by atoms with Crippen LogP contribution in [0.3, 0.4) is 0 Å². The topological polar surface area (TPSA) is 75.4 Å². The van der Waals surface area contributed by atoms with Crippen molar-refractivity contribution in [2.24, 2.45) is 0 Å². The Morgan fingerprint density at radius 2 is 2.24 bits per heavy atom. The van der Waals surface area contributed by atoms with Crippen molar-refractivity contribution in [1.82, 2.24) is 4.98 Å². The summed E-state index contributed by atoms with van der Waals surface area (Å²) in [5.74, 6) is -1.13. The summed E-state index contributed by atoms with van der Waals surface area (Å²) in [5.41, 5.74) is 0.746. The number of carboxylic acid groups (broad SMARTS) is 1. The van der Waals surface area contributed by atoms with Gasteiger partial charge in [0.1, 0.15) is 6.26 Å². The summed E-state index contributed by atoms with van der Waals surface area (Å²) < 4.78 is 4.94. The fourth-order valence-corrected chi connectivity index (χ4v) is 1.47. The van der Waals surface area contributed by atoms with E-state index < -0.39 is 5.97 Å². The van der Waals surface area contributed by atoms with Crippen molar-refractivity contribution in [3.05, 3.63) is 46.8 Å². The zero-order valence-electron chi connectivity index (χ0n) is 8.68. The zero-order chi connectivity index (χ0) is 12.3. The molecule has 0 fully saturated rings. The zero-order valence-corrected chi connectivity index (χ0v) is 9.44. The van der Waals surface area contributed by atoms with Crippen molar-refractivity contribution < 1.29 is 14.3 Å². The minimum absolute atomic E-state index is 0.133. The average Bonchev–Trinajstić information content (AvgIpc) is 2.77. The second kappa shape index (κ2) is 4.88. The van der Waals surface area contributed by atoms with Crippen LogP contribution in [0.5, 0.6) is 0 Å². The van der Waals surface area contributed by atoms with E-state index in [1.165, 1.54) is 0 Å². The molecular formula is C11H9ClN2O3. The minimum Gasteiger partial charge on any atom is -0.476 e. The predicted octanol–water partition coefficient (Wildman–Crippen LogP) is 2.64. The van der Waals surface area contributed by atoms with Crippen LogP contribution in [0, 0.1) is 0 Å². The Morgan fingerprint density at radius 1 is 1.47 bits per heavy atom. The summed E-state index contributed by atoms with van der Waals surface area (Å²) in [7, 11) is 0. The molecule has 0 aliphatic carbocycles. The number of hydrogen-bond acceptors (Lipinski definition) is 4. The molecule has 0 spiro atoms. The lowest BCUT2D eigenvalue weighted by Gasteiger charge is -2.03. The third kappa shape index (κ3) is 2.76. The van der Waals surface area contributed by atoms with Crippen molar-refractivity contribution in [1.29, 1.82) is 0 Å². The third-order valence-electron chi connectivity index (χ3n) is 2.11. The summed E-state index contributed by atoms with van der Waals surface area (Å²) >= 11 is 5.96. The number of carbonyl (C=O) groups is 1. The van der Waals surface area contributed by atoms with Crippen LogP contribution in [0.15, 0.2) is 34.9 Å². The van der Waals surface area contributed by atoms with E-state index in [2.05, 4.69) is 10.3 Å². The van der Waals surface area contributed by atoms with Gasteiger partial charge in [-0.1, -0.05) is 29.8 Å². The number of rotatable bonds is 4. The standard InChI is InChI=1S/C11H9ClN2O3/c12-8-4-2-1-3-7(8)5-13-11-14-9(6-17-11)10(15)16/h1-4,6H,5H2,(H,13,14)(H,15,16). The first kappa shape index (κ1) is 11.5. The molecule has 1 aromatic carbocycles. The molecule has 2 rings (SSSR count). The molecule has 6 heteroatoms. The molecule has 0 amide bonds. The fraction of sp³-hybridized carbons (Fsp3) is 0.0909. The van der Waals surface area contributed by atoms with Gasteiger partial charge in [0.2, 0.25) is 0 Å². The third-order valence-corrected chi connectivity index (χ3v) is 2.48. The molecule has 88 valence electrons. The van der Waals surface area contributed by atoms with Crippen LogP contribution in [-0.4, -0.2) is 16.1 Å². The summed E-state index contributed by atoms with van der Waals surface area (Å²) in [6.45, 7) is 0.416. The number of oxazole rings is 1. The largest absolute Gasteiger partial charge is 0.476 e. The molecule has 0 aliphatic rings. The molecule has 1 heterocycles. The molecule has 0 unspecified atom stereocenters. The second-order valence-electron chi connectivity index (χ2n) is 3.29. The van der Waals surface area contributed by atoms with Crippen LogP contribution in [-0.2, 0) is 6.54 Å². The van der Waals surface area contributed by atoms with Gasteiger partial charge in [0, 0.05) is 11.6 Å². The molecule has 0 radical (unpaired) electrons. The van der Waals surface area contributed by atoms with E-state index in [1.807, 2.05) is 18.2 Å². The van der Waals surface area contributed by atoms with Gasteiger partial charge in [-0.05, 0) is 11.6 Å². The van der Waals surface area contributed by atoms with E-state index in [-0.39, 0.29) is 11.7 Å². The van der Waals surface area contributed by atoms with Crippen LogP contribution < -0.4 is 5.32 Å². The summed E-state index contributed by atoms with van der Waals surface area (Å²) in [5, 5.41) is 12.1. The highest BCUT2D eigenvalue weighted by Gasteiger charge is 2.10. The molecule has 0 aliphatic heterocycles. The lowest BCUT2D eigenvalue weighted by Crippen LogP contribution is -2.01. The Balaban J connectivity index is 2.02. The van der Waals surface area contributed by atoms with Gasteiger partial charge < -0.3 is 14.8 Å². The maximum absolute atomic E-state index is 10.6. The Bertz CT molecular complexity index is 539. The molecule has 1 aromatic heterocycles. The van der Waals surface area contributed by atoms with Crippen molar-refractivity contribution in [2.75, 3.05) is 5.32 Å². The highest BCUT2D eigenvalue weighted by molar-refractivity contribution is 6.31. The summed E-state index contributed by atoms with van der Waals surface area (Å²) in [6, 6.07) is 7.48. The fourth-order valence-electron chi connectivity index (χ4n) is 1.27. The van der Waals surface area contributed by atoms with Gasteiger partial charge in [0.25, 0.3) is 6.01 Å². The SMILES string of the molecule is O=C(O)c1coc(NCc2ccccc2Cl)n1. The van der Waals surface area contributed by atoms with E-state index in [1.54, 1.807) is 6.07 Å². The normalized spacial score (nSPS) is 10.2. The minimum atomic E-state index is -1.13. The molecule has 5 nitrogen and oxygen atoms in total. The maximum atomic E-state index is 10.6. The molecule has 0 saturated carbocycles. The quantitative estimate of drug-likeness (QED) is 0.875. The number of hydrogen-bond donors (Lipinski definition) is 2. The lowest BCUT2D eigenvalue weighted by atomic mass is 10.2. The number of carboxylic acids is 1. The molecule has 0 saturated heterocycles. The second-order valence-corrected chi connectivity index (χ2v) is 3.70. The van der Waals surface area contributed by atoms with Crippen molar-refractivity contribution in [2.45, 2.75) is 6.54 Å². The van der Waals surface area contributed by atoms with E-state index in [0.717, 1.165) is 11.8 Å². The van der Waals surface area contributed by atoms with E-state index in [0.29, 0.717) is 11.6 Å².